The average Bonchev–Trinajstić information content (AvgIpc) is 3.14. The molecule has 1 aliphatic rings. The van der Waals surface area contributed by atoms with Gasteiger partial charge in [0, 0.05) is 35.0 Å². The second-order valence-electron chi connectivity index (χ2n) is 6.49. The van der Waals surface area contributed by atoms with Crippen molar-refractivity contribution in [3.05, 3.63) is 50.9 Å². The molecule has 1 aromatic carbocycles. The molecule has 0 spiro atoms. The Labute approximate surface area is 157 Å². The Morgan fingerprint density at radius 3 is 2.92 bits per heavy atom. The van der Waals surface area contributed by atoms with Gasteiger partial charge in [0.15, 0.2) is 0 Å². The van der Waals surface area contributed by atoms with E-state index in [0.29, 0.717) is 34.2 Å². The molecule has 0 unspecified atom stereocenters. The summed E-state index contributed by atoms with van der Waals surface area (Å²) in [7, 11) is 0. The summed E-state index contributed by atoms with van der Waals surface area (Å²) in [5.41, 5.74) is 1.65. The Hall–Kier alpha value is -2.18. The molecule has 138 valence electrons. The minimum absolute atomic E-state index is 0.0564. The standard InChI is InChI=1S/C19H22ClN3O3/c1-12-13(2)22-18(14-5-3-6-15(20)9-14)23(19(12)25)11-17(24)21-10-16-7-4-8-26-16/h3,5-6,9,16H,4,7-8,10-11H2,1-2H3,(H,21,24)/t16-/m0/s1. The Morgan fingerprint density at radius 2 is 2.23 bits per heavy atom. The summed E-state index contributed by atoms with van der Waals surface area (Å²) >= 11 is 6.08. The first kappa shape index (κ1) is 18.6. The normalized spacial score (nSPS) is 16.7. The number of benzene rings is 1. The lowest BCUT2D eigenvalue weighted by molar-refractivity contribution is -0.122. The van der Waals surface area contributed by atoms with Crippen LogP contribution in [0.1, 0.15) is 24.1 Å². The molecule has 0 aliphatic carbocycles. The molecule has 6 nitrogen and oxygen atoms in total. The Kier molecular flexibility index (Phi) is 5.74. The molecule has 0 bridgehead atoms. The number of amides is 1. The van der Waals surface area contributed by atoms with Gasteiger partial charge in [0.2, 0.25) is 5.91 Å². The second-order valence-corrected chi connectivity index (χ2v) is 6.92. The van der Waals surface area contributed by atoms with Gasteiger partial charge in [0.25, 0.3) is 5.56 Å². The van der Waals surface area contributed by atoms with Crippen molar-refractivity contribution in [2.24, 2.45) is 0 Å². The van der Waals surface area contributed by atoms with Gasteiger partial charge in [-0.1, -0.05) is 23.7 Å². The third-order valence-electron chi connectivity index (χ3n) is 4.57. The van der Waals surface area contributed by atoms with E-state index < -0.39 is 0 Å². The minimum Gasteiger partial charge on any atom is -0.376 e. The van der Waals surface area contributed by atoms with Crippen molar-refractivity contribution in [3.63, 3.8) is 0 Å². The number of ether oxygens (including phenoxy) is 1. The summed E-state index contributed by atoms with van der Waals surface area (Å²) in [6.45, 7) is 4.60. The molecule has 0 saturated carbocycles. The van der Waals surface area contributed by atoms with E-state index in [1.54, 1.807) is 32.0 Å². The summed E-state index contributed by atoms with van der Waals surface area (Å²) in [5.74, 6) is 0.198. The molecule has 1 aliphatic heterocycles. The molecule has 1 atom stereocenters. The number of nitrogens with one attached hydrogen (secondary N) is 1. The van der Waals surface area contributed by atoms with Crippen LogP contribution in [0.5, 0.6) is 0 Å². The minimum atomic E-state index is -0.240. The highest BCUT2D eigenvalue weighted by Crippen LogP contribution is 2.21. The summed E-state index contributed by atoms with van der Waals surface area (Å²) in [5, 5.41) is 3.39. The smallest absolute Gasteiger partial charge is 0.257 e. The van der Waals surface area contributed by atoms with E-state index in [9.17, 15) is 9.59 Å². The van der Waals surface area contributed by atoms with Gasteiger partial charge in [-0.2, -0.15) is 0 Å². The molecule has 26 heavy (non-hydrogen) atoms. The number of hydrogen-bond donors (Lipinski definition) is 1. The molecule has 0 radical (unpaired) electrons. The van der Waals surface area contributed by atoms with Crippen LogP contribution in [0.4, 0.5) is 0 Å². The molecular formula is C19H22ClN3O3. The summed E-state index contributed by atoms with van der Waals surface area (Å²) < 4.78 is 6.91. The Bertz CT molecular complexity index is 873. The van der Waals surface area contributed by atoms with Gasteiger partial charge in [0.05, 0.1) is 6.10 Å². The van der Waals surface area contributed by atoms with E-state index in [-0.39, 0.29) is 24.1 Å². The first-order valence-electron chi connectivity index (χ1n) is 8.68. The highest BCUT2D eigenvalue weighted by atomic mass is 35.5. The SMILES string of the molecule is Cc1nc(-c2cccc(Cl)c2)n(CC(=O)NC[C@@H]2CCCO2)c(=O)c1C. The zero-order valence-electron chi connectivity index (χ0n) is 14.9. The van der Waals surface area contributed by atoms with E-state index in [1.165, 1.54) is 4.57 Å². The van der Waals surface area contributed by atoms with Crippen LogP contribution in [0.3, 0.4) is 0 Å². The van der Waals surface area contributed by atoms with E-state index in [4.69, 9.17) is 16.3 Å². The molecule has 1 saturated heterocycles. The fourth-order valence-electron chi connectivity index (χ4n) is 2.98. The van der Waals surface area contributed by atoms with Crippen molar-refractivity contribution in [2.45, 2.75) is 39.3 Å². The van der Waals surface area contributed by atoms with Crippen LogP contribution < -0.4 is 10.9 Å². The van der Waals surface area contributed by atoms with Crippen molar-refractivity contribution in [3.8, 4) is 11.4 Å². The largest absolute Gasteiger partial charge is 0.376 e. The molecule has 1 amide bonds. The van der Waals surface area contributed by atoms with Gasteiger partial charge in [-0.3, -0.25) is 14.2 Å². The fraction of sp³-hybridized carbons (Fsp3) is 0.421. The second kappa shape index (κ2) is 8.01. The van der Waals surface area contributed by atoms with Crippen LogP contribution in [0.15, 0.2) is 29.1 Å². The molecule has 1 fully saturated rings. The highest BCUT2D eigenvalue weighted by Gasteiger charge is 2.19. The van der Waals surface area contributed by atoms with Crippen LogP contribution >= 0.6 is 11.6 Å². The molecule has 1 aromatic heterocycles. The monoisotopic (exact) mass is 375 g/mol. The maximum atomic E-state index is 12.7. The maximum absolute atomic E-state index is 12.7. The van der Waals surface area contributed by atoms with Gasteiger partial charge in [-0.25, -0.2) is 4.98 Å². The van der Waals surface area contributed by atoms with Gasteiger partial charge in [0.1, 0.15) is 12.4 Å². The lowest BCUT2D eigenvalue weighted by Crippen LogP contribution is -2.38. The van der Waals surface area contributed by atoms with E-state index >= 15 is 0 Å². The van der Waals surface area contributed by atoms with Crippen molar-refractivity contribution in [1.82, 2.24) is 14.9 Å². The zero-order valence-corrected chi connectivity index (χ0v) is 15.7. The maximum Gasteiger partial charge on any atom is 0.257 e. The summed E-state index contributed by atoms with van der Waals surface area (Å²) in [6, 6.07) is 7.10. The third kappa shape index (κ3) is 4.14. The third-order valence-corrected chi connectivity index (χ3v) is 4.81. The van der Waals surface area contributed by atoms with Crippen LogP contribution in [0, 0.1) is 13.8 Å². The van der Waals surface area contributed by atoms with Crippen molar-refractivity contribution in [2.75, 3.05) is 13.2 Å². The number of rotatable bonds is 5. The van der Waals surface area contributed by atoms with Crippen LogP contribution in [0.2, 0.25) is 5.02 Å². The molecule has 1 N–H and O–H groups in total. The molecule has 2 heterocycles. The number of hydrogen-bond acceptors (Lipinski definition) is 4. The summed E-state index contributed by atoms with van der Waals surface area (Å²) in [4.78, 5) is 29.7. The first-order chi connectivity index (χ1) is 12.5. The number of nitrogens with zero attached hydrogens (tertiary/aromatic N) is 2. The number of halogens is 1. The molecular weight excluding hydrogens is 354 g/mol. The number of aromatic nitrogens is 2. The number of carbonyl (C=O) groups is 1. The van der Waals surface area contributed by atoms with Crippen LogP contribution in [-0.4, -0.2) is 34.7 Å². The van der Waals surface area contributed by atoms with E-state index in [0.717, 1.165) is 19.4 Å². The first-order valence-corrected chi connectivity index (χ1v) is 9.06. The van der Waals surface area contributed by atoms with E-state index in [1.807, 2.05) is 6.07 Å². The fourth-order valence-corrected chi connectivity index (χ4v) is 3.17. The van der Waals surface area contributed by atoms with Crippen molar-refractivity contribution < 1.29 is 9.53 Å². The molecule has 3 rings (SSSR count). The Morgan fingerprint density at radius 1 is 1.42 bits per heavy atom. The van der Waals surface area contributed by atoms with Gasteiger partial charge in [-0.15, -0.1) is 0 Å². The van der Waals surface area contributed by atoms with Crippen LogP contribution in [-0.2, 0) is 16.1 Å². The average molecular weight is 376 g/mol. The number of aryl methyl sites for hydroxylation is 1. The molecule has 2 aromatic rings. The topological polar surface area (TPSA) is 73.2 Å². The summed E-state index contributed by atoms with van der Waals surface area (Å²) in [6.07, 6.45) is 2.01. The van der Waals surface area contributed by atoms with Crippen LogP contribution in [0.25, 0.3) is 11.4 Å². The lowest BCUT2D eigenvalue weighted by Gasteiger charge is -2.16. The predicted octanol–water partition coefficient (Wildman–Crippen LogP) is 2.48. The highest BCUT2D eigenvalue weighted by molar-refractivity contribution is 6.30. The Balaban J connectivity index is 1.88. The van der Waals surface area contributed by atoms with E-state index in [2.05, 4.69) is 10.3 Å². The predicted molar refractivity (Wildman–Crippen MR) is 100 cm³/mol. The zero-order chi connectivity index (χ0) is 18.7. The van der Waals surface area contributed by atoms with Gasteiger partial charge >= 0.3 is 0 Å². The van der Waals surface area contributed by atoms with Crippen molar-refractivity contribution in [1.29, 1.82) is 0 Å². The number of carbonyl (C=O) groups excluding carboxylic acids is 1. The molecule has 7 heteroatoms. The van der Waals surface area contributed by atoms with Crippen molar-refractivity contribution >= 4 is 17.5 Å². The quantitative estimate of drug-likeness (QED) is 0.871. The lowest BCUT2D eigenvalue weighted by atomic mass is 10.1. The van der Waals surface area contributed by atoms with Gasteiger partial charge < -0.3 is 10.1 Å². The van der Waals surface area contributed by atoms with Gasteiger partial charge in [-0.05, 0) is 38.8 Å².